The third kappa shape index (κ3) is 1.72. The van der Waals surface area contributed by atoms with Crippen LogP contribution in [0.5, 0.6) is 0 Å². The number of aromatic nitrogens is 1. The minimum absolute atomic E-state index is 0.271. The van der Waals surface area contributed by atoms with Crippen LogP contribution in [0.4, 0.5) is 5.82 Å². The van der Waals surface area contributed by atoms with E-state index >= 15 is 0 Å². The van der Waals surface area contributed by atoms with E-state index in [1.54, 1.807) is 18.1 Å². The zero-order valence-corrected chi connectivity index (χ0v) is 10.9. The van der Waals surface area contributed by atoms with Crippen LogP contribution in [-0.4, -0.2) is 17.3 Å². The molecule has 1 N–H and O–H groups in total. The Hall–Kier alpha value is -1.72. The van der Waals surface area contributed by atoms with Gasteiger partial charge < -0.3 is 9.63 Å². The van der Waals surface area contributed by atoms with Crippen LogP contribution in [0, 0.1) is 6.92 Å². The number of fused-ring (bicyclic) bond motifs is 1. The Bertz CT molecular complexity index is 635. The van der Waals surface area contributed by atoms with Crippen molar-refractivity contribution in [3.8, 4) is 0 Å². The topological polar surface area (TPSA) is 46.3 Å². The van der Waals surface area contributed by atoms with E-state index < -0.39 is 0 Å². The van der Waals surface area contributed by atoms with Gasteiger partial charge in [-0.25, -0.2) is 0 Å². The van der Waals surface area contributed by atoms with Crippen LogP contribution in [0.1, 0.15) is 11.3 Å². The molecule has 3 rings (SSSR count). The SMILES string of the molecule is Cc1cc([N+]2(C)C=C(O)c3ccccc3S2)no1. The molecule has 0 radical (unpaired) electrons. The number of hydrogen-bond donors (Lipinski definition) is 1. The predicted molar refractivity (Wildman–Crippen MR) is 71.9 cm³/mol. The summed E-state index contributed by atoms with van der Waals surface area (Å²) in [6.07, 6.45) is 1.77. The van der Waals surface area contributed by atoms with E-state index in [0.29, 0.717) is 3.89 Å². The lowest BCUT2D eigenvalue weighted by molar-refractivity contribution is 0.390. The first-order chi connectivity index (χ1) is 8.58. The summed E-state index contributed by atoms with van der Waals surface area (Å²) in [7, 11) is 1.97. The van der Waals surface area contributed by atoms with Crippen molar-refractivity contribution in [2.75, 3.05) is 7.05 Å². The molecule has 1 aromatic heterocycles. The van der Waals surface area contributed by atoms with Crippen LogP contribution in [0.15, 0.2) is 46.0 Å². The zero-order valence-electron chi connectivity index (χ0n) is 10.1. The molecule has 0 saturated heterocycles. The number of benzene rings is 1. The van der Waals surface area contributed by atoms with Crippen molar-refractivity contribution in [1.82, 2.24) is 9.05 Å². The zero-order chi connectivity index (χ0) is 12.8. The Morgan fingerprint density at radius 2 is 2.11 bits per heavy atom. The Morgan fingerprint density at radius 3 is 2.83 bits per heavy atom. The van der Waals surface area contributed by atoms with Crippen molar-refractivity contribution < 1.29 is 9.63 Å². The van der Waals surface area contributed by atoms with E-state index in [4.69, 9.17) is 4.52 Å². The molecular formula is C13H13N2O2S+. The normalized spacial score (nSPS) is 22.4. The predicted octanol–water partition coefficient (Wildman–Crippen LogP) is 3.50. The number of aliphatic hydroxyl groups excluding tert-OH is 1. The molecule has 1 aliphatic rings. The average molecular weight is 261 g/mol. The fourth-order valence-corrected chi connectivity index (χ4v) is 3.12. The first-order valence-corrected chi connectivity index (χ1v) is 6.37. The highest BCUT2D eigenvalue weighted by Gasteiger charge is 2.36. The summed E-state index contributed by atoms with van der Waals surface area (Å²) in [4.78, 5) is 1.03. The van der Waals surface area contributed by atoms with Crippen LogP contribution in [0.25, 0.3) is 5.76 Å². The van der Waals surface area contributed by atoms with Crippen molar-refractivity contribution >= 4 is 23.5 Å². The second kappa shape index (κ2) is 3.90. The van der Waals surface area contributed by atoms with Crippen LogP contribution in [0.2, 0.25) is 0 Å². The number of aryl methyl sites for hydroxylation is 1. The first kappa shape index (κ1) is 11.4. The molecule has 0 saturated carbocycles. The van der Waals surface area contributed by atoms with Crippen molar-refractivity contribution in [3.05, 3.63) is 47.9 Å². The quantitative estimate of drug-likeness (QED) is 0.630. The molecule has 18 heavy (non-hydrogen) atoms. The molecule has 0 aliphatic carbocycles. The molecule has 0 fully saturated rings. The number of hydrogen-bond acceptors (Lipinski definition) is 4. The molecule has 1 aliphatic heterocycles. The molecule has 1 aromatic carbocycles. The highest BCUT2D eigenvalue weighted by Crippen LogP contribution is 2.43. The number of quaternary nitrogens is 1. The van der Waals surface area contributed by atoms with Gasteiger partial charge in [-0.3, -0.25) is 0 Å². The fraction of sp³-hybridized carbons (Fsp3) is 0.154. The summed E-state index contributed by atoms with van der Waals surface area (Å²) in [6.45, 7) is 1.86. The lowest BCUT2D eigenvalue weighted by atomic mass is 10.2. The fourth-order valence-electron chi connectivity index (χ4n) is 1.97. The van der Waals surface area contributed by atoms with Gasteiger partial charge in [-0.15, -0.1) is 0 Å². The van der Waals surface area contributed by atoms with Crippen LogP contribution in [-0.2, 0) is 0 Å². The summed E-state index contributed by atoms with van der Waals surface area (Å²) in [6, 6.07) is 9.66. The third-order valence-electron chi connectivity index (χ3n) is 2.89. The van der Waals surface area contributed by atoms with Gasteiger partial charge >= 0.3 is 0 Å². The minimum atomic E-state index is 0.271. The first-order valence-electron chi connectivity index (χ1n) is 5.59. The molecule has 5 heteroatoms. The van der Waals surface area contributed by atoms with Gasteiger partial charge in [0.25, 0.3) is 5.82 Å². The Labute approximate surface area is 109 Å². The van der Waals surface area contributed by atoms with E-state index in [2.05, 4.69) is 5.16 Å². The summed E-state index contributed by atoms with van der Waals surface area (Å²) < 4.78 is 5.45. The van der Waals surface area contributed by atoms with Crippen LogP contribution < -0.4 is 3.89 Å². The minimum Gasteiger partial charge on any atom is -0.503 e. The third-order valence-corrected chi connectivity index (χ3v) is 4.11. The van der Waals surface area contributed by atoms with Crippen molar-refractivity contribution in [3.63, 3.8) is 0 Å². The van der Waals surface area contributed by atoms with E-state index in [0.717, 1.165) is 22.0 Å². The van der Waals surface area contributed by atoms with E-state index in [-0.39, 0.29) is 5.76 Å². The van der Waals surface area contributed by atoms with Crippen molar-refractivity contribution in [2.45, 2.75) is 11.8 Å². The highest BCUT2D eigenvalue weighted by atomic mass is 32.2. The standard InChI is InChI=1S/C13H12N2O2S/c1-9-7-13(14-17-9)15(2)8-11(16)10-5-3-4-6-12(10)18-15/h3-8H,1-2H3/p+1. The van der Waals surface area contributed by atoms with Gasteiger partial charge in [-0.2, -0.15) is 3.89 Å². The maximum absolute atomic E-state index is 10.1. The van der Waals surface area contributed by atoms with Crippen LogP contribution >= 0.6 is 11.9 Å². The average Bonchev–Trinajstić information content (AvgIpc) is 2.76. The summed E-state index contributed by atoms with van der Waals surface area (Å²) in [5.74, 6) is 1.79. The van der Waals surface area contributed by atoms with Crippen molar-refractivity contribution in [2.24, 2.45) is 0 Å². The lowest BCUT2D eigenvalue weighted by Crippen LogP contribution is -2.33. The maximum atomic E-state index is 10.1. The van der Waals surface area contributed by atoms with Crippen molar-refractivity contribution in [1.29, 1.82) is 0 Å². The number of nitrogens with zero attached hydrogens (tertiary/aromatic N) is 2. The molecule has 2 aromatic rings. The lowest BCUT2D eigenvalue weighted by Gasteiger charge is -2.28. The summed E-state index contributed by atoms with van der Waals surface area (Å²) >= 11 is 1.61. The Morgan fingerprint density at radius 1 is 1.33 bits per heavy atom. The summed E-state index contributed by atoms with van der Waals surface area (Å²) in [5, 5.41) is 14.2. The van der Waals surface area contributed by atoms with E-state index in [9.17, 15) is 5.11 Å². The number of rotatable bonds is 1. The molecular weight excluding hydrogens is 248 g/mol. The van der Waals surface area contributed by atoms with Gasteiger partial charge in [-0.05, 0) is 24.2 Å². The number of aliphatic hydroxyl groups is 1. The van der Waals surface area contributed by atoms with Gasteiger partial charge in [0, 0.05) is 5.56 Å². The largest absolute Gasteiger partial charge is 0.503 e. The maximum Gasteiger partial charge on any atom is 0.282 e. The molecule has 2 heterocycles. The van der Waals surface area contributed by atoms with Gasteiger partial charge in [0.15, 0.2) is 12.0 Å². The van der Waals surface area contributed by atoms with Gasteiger partial charge in [0.1, 0.15) is 17.7 Å². The second-order valence-electron chi connectivity index (χ2n) is 4.39. The smallest absolute Gasteiger partial charge is 0.282 e. The van der Waals surface area contributed by atoms with E-state index in [1.165, 1.54) is 0 Å². The van der Waals surface area contributed by atoms with Gasteiger partial charge in [0.2, 0.25) is 0 Å². The van der Waals surface area contributed by atoms with Gasteiger partial charge in [-0.1, -0.05) is 12.1 Å². The Kier molecular flexibility index (Phi) is 2.46. The molecule has 0 amide bonds. The van der Waals surface area contributed by atoms with E-state index in [1.807, 2.05) is 44.3 Å². The van der Waals surface area contributed by atoms with Gasteiger partial charge in [0.05, 0.1) is 18.0 Å². The highest BCUT2D eigenvalue weighted by molar-refractivity contribution is 7.99. The molecule has 0 spiro atoms. The Balaban J connectivity index is 2.10. The molecule has 4 nitrogen and oxygen atoms in total. The summed E-state index contributed by atoms with van der Waals surface area (Å²) in [5.41, 5.74) is 0.860. The molecule has 1 unspecified atom stereocenters. The molecule has 0 bridgehead atoms. The molecule has 92 valence electrons. The monoisotopic (exact) mass is 261 g/mol. The van der Waals surface area contributed by atoms with Crippen LogP contribution in [0.3, 0.4) is 0 Å². The second-order valence-corrected chi connectivity index (χ2v) is 5.77. The molecule has 1 atom stereocenters.